The highest BCUT2D eigenvalue weighted by Crippen LogP contribution is 2.25. The van der Waals surface area contributed by atoms with Crippen molar-refractivity contribution in [2.45, 2.75) is 24.8 Å². The summed E-state index contributed by atoms with van der Waals surface area (Å²) >= 11 is 0. The third kappa shape index (κ3) is 5.70. The zero-order chi connectivity index (χ0) is 25.7. The summed E-state index contributed by atoms with van der Waals surface area (Å²) < 4.78 is 33.9. The number of hydrogen-bond acceptors (Lipinski definition) is 5. The van der Waals surface area contributed by atoms with E-state index in [-0.39, 0.29) is 16.2 Å². The molecule has 0 amide bonds. The van der Waals surface area contributed by atoms with Crippen molar-refractivity contribution in [3.8, 4) is 0 Å². The Morgan fingerprint density at radius 2 is 1.36 bits per heavy atom. The Hall–Kier alpha value is -4.23. The van der Waals surface area contributed by atoms with Gasteiger partial charge in [-0.15, -0.1) is 0 Å². The second-order valence-corrected chi connectivity index (χ2v) is 10.0. The van der Waals surface area contributed by atoms with Crippen LogP contribution in [0.2, 0.25) is 0 Å². The maximum atomic E-state index is 13.2. The van der Waals surface area contributed by atoms with Crippen LogP contribution in [0.5, 0.6) is 0 Å². The van der Waals surface area contributed by atoms with Crippen LogP contribution >= 0.6 is 0 Å². The zero-order valence-electron chi connectivity index (χ0n) is 19.8. The second-order valence-electron chi connectivity index (χ2n) is 8.38. The van der Waals surface area contributed by atoms with Crippen LogP contribution in [0.3, 0.4) is 0 Å². The third-order valence-electron chi connectivity index (χ3n) is 5.63. The molecule has 0 aliphatic rings. The SMILES string of the molecule is Cc1ccc(C)c(S(=O)(=O)Nc2ccc(C(=O)OC(C(=O)c3ccccc3)c3ccccc3)cc2)c1. The number of ether oxygens (including phenoxy) is 1. The van der Waals surface area contributed by atoms with E-state index in [1.807, 2.05) is 19.1 Å². The number of nitrogens with one attached hydrogen (secondary N) is 1. The summed E-state index contributed by atoms with van der Waals surface area (Å²) in [5.74, 6) is -1.04. The predicted molar refractivity (Wildman–Crippen MR) is 139 cm³/mol. The fraction of sp³-hybridized carbons (Fsp3) is 0.103. The number of aryl methyl sites for hydroxylation is 2. The summed E-state index contributed by atoms with van der Waals surface area (Å²) in [5.41, 5.74) is 2.92. The molecule has 4 aromatic rings. The Balaban J connectivity index is 1.53. The van der Waals surface area contributed by atoms with Gasteiger partial charge in [-0.3, -0.25) is 9.52 Å². The molecule has 0 aliphatic heterocycles. The normalized spacial score (nSPS) is 11.9. The molecule has 0 bridgehead atoms. The third-order valence-corrected chi connectivity index (χ3v) is 7.15. The molecule has 4 rings (SSSR count). The van der Waals surface area contributed by atoms with Crippen molar-refractivity contribution in [1.82, 2.24) is 0 Å². The molecule has 0 heterocycles. The van der Waals surface area contributed by atoms with Crippen molar-refractivity contribution < 1.29 is 22.7 Å². The minimum absolute atomic E-state index is 0.187. The number of esters is 1. The Morgan fingerprint density at radius 1 is 0.750 bits per heavy atom. The van der Waals surface area contributed by atoms with E-state index in [1.54, 1.807) is 73.7 Å². The molecule has 1 N–H and O–H groups in total. The summed E-state index contributed by atoms with van der Waals surface area (Å²) in [6.45, 7) is 3.55. The summed E-state index contributed by atoms with van der Waals surface area (Å²) in [6.07, 6.45) is -1.12. The number of benzene rings is 4. The predicted octanol–water partition coefficient (Wildman–Crippen LogP) is 5.89. The number of anilines is 1. The van der Waals surface area contributed by atoms with Crippen LogP contribution in [0.1, 0.15) is 43.5 Å². The summed E-state index contributed by atoms with van der Waals surface area (Å²) in [5, 5.41) is 0. The van der Waals surface area contributed by atoms with Crippen LogP contribution in [-0.4, -0.2) is 20.2 Å². The first kappa shape index (κ1) is 24.9. The molecule has 7 heteroatoms. The van der Waals surface area contributed by atoms with Crippen molar-refractivity contribution in [3.05, 3.63) is 131 Å². The number of sulfonamides is 1. The minimum atomic E-state index is -3.81. The van der Waals surface area contributed by atoms with Crippen molar-refractivity contribution in [2.24, 2.45) is 0 Å². The molecule has 6 nitrogen and oxygen atoms in total. The molecular weight excluding hydrogens is 474 g/mol. The van der Waals surface area contributed by atoms with E-state index in [2.05, 4.69) is 4.72 Å². The second kappa shape index (κ2) is 10.6. The smallest absolute Gasteiger partial charge is 0.339 e. The molecule has 36 heavy (non-hydrogen) atoms. The lowest BCUT2D eigenvalue weighted by atomic mass is 10.00. The van der Waals surface area contributed by atoms with Crippen LogP contribution in [0.15, 0.2) is 108 Å². The fourth-order valence-electron chi connectivity index (χ4n) is 3.71. The lowest BCUT2D eigenvalue weighted by Gasteiger charge is -2.18. The summed E-state index contributed by atoms with van der Waals surface area (Å²) in [4.78, 5) is 26.3. The van der Waals surface area contributed by atoms with Crippen molar-refractivity contribution >= 4 is 27.5 Å². The number of rotatable bonds is 8. The molecule has 1 atom stereocenters. The molecule has 1 unspecified atom stereocenters. The Labute approximate surface area is 210 Å². The van der Waals surface area contributed by atoms with Gasteiger partial charge >= 0.3 is 5.97 Å². The first-order valence-corrected chi connectivity index (χ1v) is 12.8. The molecule has 4 aromatic carbocycles. The Morgan fingerprint density at radius 3 is 2.00 bits per heavy atom. The first-order valence-electron chi connectivity index (χ1n) is 11.3. The van der Waals surface area contributed by atoms with Crippen LogP contribution in [-0.2, 0) is 14.8 Å². The van der Waals surface area contributed by atoms with Crippen LogP contribution < -0.4 is 4.72 Å². The highest BCUT2D eigenvalue weighted by Gasteiger charge is 2.27. The lowest BCUT2D eigenvalue weighted by molar-refractivity contribution is 0.0280. The Bertz CT molecular complexity index is 1480. The van der Waals surface area contributed by atoms with Crippen LogP contribution in [0.4, 0.5) is 5.69 Å². The van der Waals surface area contributed by atoms with E-state index >= 15 is 0 Å². The van der Waals surface area contributed by atoms with Gasteiger partial charge in [-0.05, 0) is 55.3 Å². The van der Waals surface area contributed by atoms with E-state index in [0.717, 1.165) is 5.56 Å². The minimum Gasteiger partial charge on any atom is -0.445 e. The highest BCUT2D eigenvalue weighted by molar-refractivity contribution is 7.92. The van der Waals surface area contributed by atoms with E-state index in [9.17, 15) is 18.0 Å². The van der Waals surface area contributed by atoms with Gasteiger partial charge in [-0.2, -0.15) is 0 Å². The van der Waals surface area contributed by atoms with Gasteiger partial charge < -0.3 is 4.74 Å². The maximum Gasteiger partial charge on any atom is 0.339 e. The number of ketones is 1. The average Bonchev–Trinajstić information content (AvgIpc) is 2.89. The lowest BCUT2D eigenvalue weighted by Crippen LogP contribution is -2.20. The molecule has 0 fully saturated rings. The number of hydrogen-bond donors (Lipinski definition) is 1. The van der Waals surface area contributed by atoms with Crippen molar-refractivity contribution in [3.63, 3.8) is 0 Å². The van der Waals surface area contributed by atoms with Crippen LogP contribution in [0, 0.1) is 13.8 Å². The molecule has 0 aliphatic carbocycles. The van der Waals surface area contributed by atoms with Gasteiger partial charge in [0, 0.05) is 16.8 Å². The Kier molecular flexibility index (Phi) is 7.31. The zero-order valence-corrected chi connectivity index (χ0v) is 20.7. The molecule has 0 aromatic heterocycles. The highest BCUT2D eigenvalue weighted by atomic mass is 32.2. The molecule has 0 radical (unpaired) electrons. The van der Waals surface area contributed by atoms with E-state index in [1.165, 1.54) is 24.3 Å². The van der Waals surface area contributed by atoms with E-state index in [0.29, 0.717) is 22.4 Å². The van der Waals surface area contributed by atoms with Crippen molar-refractivity contribution in [1.29, 1.82) is 0 Å². The van der Waals surface area contributed by atoms with Gasteiger partial charge in [0.15, 0.2) is 6.10 Å². The molecule has 182 valence electrons. The molecule has 0 spiro atoms. The van der Waals surface area contributed by atoms with E-state index in [4.69, 9.17) is 4.74 Å². The largest absolute Gasteiger partial charge is 0.445 e. The average molecular weight is 500 g/mol. The quantitative estimate of drug-likeness (QED) is 0.241. The maximum absolute atomic E-state index is 13.2. The van der Waals surface area contributed by atoms with Gasteiger partial charge in [0.05, 0.1) is 10.5 Å². The summed E-state index contributed by atoms with van der Waals surface area (Å²) in [6, 6.07) is 28.5. The van der Waals surface area contributed by atoms with Gasteiger partial charge in [-0.1, -0.05) is 72.8 Å². The fourth-order valence-corrected chi connectivity index (χ4v) is 5.10. The number of carbonyl (C=O) groups excluding carboxylic acids is 2. The van der Waals surface area contributed by atoms with Crippen LogP contribution in [0.25, 0.3) is 0 Å². The monoisotopic (exact) mass is 499 g/mol. The summed E-state index contributed by atoms with van der Waals surface area (Å²) in [7, 11) is -3.81. The molecule has 0 saturated carbocycles. The topological polar surface area (TPSA) is 89.5 Å². The van der Waals surface area contributed by atoms with Gasteiger partial charge in [0.25, 0.3) is 10.0 Å². The molecule has 0 saturated heterocycles. The number of Topliss-reactive ketones (excluding diaryl/α,β-unsaturated/α-hetero) is 1. The number of carbonyl (C=O) groups is 2. The van der Waals surface area contributed by atoms with Gasteiger partial charge in [0.2, 0.25) is 5.78 Å². The van der Waals surface area contributed by atoms with Gasteiger partial charge in [-0.25, -0.2) is 13.2 Å². The standard InChI is InChI=1S/C29H25NO5S/c1-20-13-14-21(2)26(19-20)36(33,34)30-25-17-15-24(16-18-25)29(32)35-28(23-11-7-4-8-12-23)27(31)22-9-5-3-6-10-22/h3-19,28,30H,1-2H3. The van der Waals surface area contributed by atoms with Crippen molar-refractivity contribution in [2.75, 3.05) is 4.72 Å². The van der Waals surface area contributed by atoms with E-state index < -0.39 is 22.1 Å². The van der Waals surface area contributed by atoms with Gasteiger partial charge in [0.1, 0.15) is 0 Å². The molecular formula is C29H25NO5S. The first-order chi connectivity index (χ1) is 17.2.